The fourth-order valence-electron chi connectivity index (χ4n) is 4.34. The number of hydrazone groups is 1. The van der Waals surface area contributed by atoms with Gasteiger partial charge in [0.15, 0.2) is 0 Å². The molecule has 0 spiro atoms. The molecule has 10 heteroatoms. The van der Waals surface area contributed by atoms with E-state index in [2.05, 4.69) is 34.0 Å². The summed E-state index contributed by atoms with van der Waals surface area (Å²) in [6.45, 7) is 8.81. The molecule has 2 aromatic carbocycles. The molecule has 0 radical (unpaired) electrons. The van der Waals surface area contributed by atoms with Crippen molar-refractivity contribution in [1.82, 2.24) is 19.6 Å². The van der Waals surface area contributed by atoms with Gasteiger partial charge in [0.05, 0.1) is 23.8 Å². The summed E-state index contributed by atoms with van der Waals surface area (Å²) in [5.41, 5.74) is 5.07. The molecular weight excluding hydrogens is 514 g/mol. The molecule has 0 aliphatic carbocycles. The lowest BCUT2D eigenvalue weighted by Crippen LogP contribution is -2.36. The number of fused-ring (bicyclic) bond motifs is 1. The first-order valence-electron chi connectivity index (χ1n) is 13.6. The molecule has 1 aromatic heterocycles. The van der Waals surface area contributed by atoms with Crippen LogP contribution in [0, 0.1) is 6.92 Å². The average Bonchev–Trinajstić information content (AvgIpc) is 3.26. The highest BCUT2D eigenvalue weighted by atomic mass is 32.2. The summed E-state index contributed by atoms with van der Waals surface area (Å²) >= 11 is 0. The maximum absolute atomic E-state index is 12.4. The summed E-state index contributed by atoms with van der Waals surface area (Å²) in [6.07, 6.45) is 7.39. The van der Waals surface area contributed by atoms with E-state index in [1.807, 2.05) is 42.0 Å². The molecule has 1 heterocycles. The number of hydrogen-bond acceptors (Lipinski definition) is 6. The number of nitrogens with zero attached hydrogens (tertiary/aromatic N) is 3. The van der Waals surface area contributed by atoms with Crippen LogP contribution in [0.5, 0.6) is 0 Å². The molecule has 3 aromatic rings. The molecule has 3 rings (SSSR count). The number of carbonyl (C=O) groups excluding carboxylic acids is 1. The van der Waals surface area contributed by atoms with Crippen molar-refractivity contribution in [2.45, 2.75) is 64.0 Å². The normalized spacial score (nSPS) is 12.9. The smallest absolute Gasteiger partial charge is 0.255 e. The molecule has 1 unspecified atom stereocenters. The van der Waals surface area contributed by atoms with Crippen LogP contribution >= 0.6 is 0 Å². The van der Waals surface area contributed by atoms with Crippen molar-refractivity contribution in [2.75, 3.05) is 26.2 Å². The van der Waals surface area contributed by atoms with Crippen LogP contribution in [0.4, 0.5) is 0 Å². The van der Waals surface area contributed by atoms with Gasteiger partial charge < -0.3 is 14.6 Å². The van der Waals surface area contributed by atoms with Crippen LogP contribution in [0.15, 0.2) is 64.7 Å². The molecular formula is C29H41N5O4S. The van der Waals surface area contributed by atoms with Crippen LogP contribution in [0.25, 0.3) is 10.9 Å². The highest BCUT2D eigenvalue weighted by Gasteiger charge is 2.16. The largest absolute Gasteiger partial charge is 0.390 e. The summed E-state index contributed by atoms with van der Waals surface area (Å²) in [7, 11) is -3.80. The van der Waals surface area contributed by atoms with Gasteiger partial charge in [0, 0.05) is 35.8 Å². The summed E-state index contributed by atoms with van der Waals surface area (Å²) in [5, 5.41) is 15.9. The lowest BCUT2D eigenvalue weighted by molar-refractivity contribution is -0.119. The lowest BCUT2D eigenvalue weighted by Gasteiger charge is -2.25. The van der Waals surface area contributed by atoms with Crippen molar-refractivity contribution >= 4 is 33.0 Å². The fraction of sp³-hybridized carbons (Fsp3) is 0.448. The Morgan fingerprint density at radius 2 is 1.74 bits per heavy atom. The zero-order valence-corrected chi connectivity index (χ0v) is 24.0. The van der Waals surface area contributed by atoms with E-state index in [1.54, 1.807) is 12.1 Å². The van der Waals surface area contributed by atoms with E-state index in [-0.39, 0.29) is 4.90 Å². The Hall–Kier alpha value is -3.05. The molecule has 0 saturated heterocycles. The molecule has 0 fully saturated rings. The van der Waals surface area contributed by atoms with Crippen LogP contribution in [0.1, 0.15) is 50.7 Å². The molecule has 1 atom stereocenters. The van der Waals surface area contributed by atoms with Gasteiger partial charge in [0.1, 0.15) is 0 Å². The Morgan fingerprint density at radius 1 is 1.08 bits per heavy atom. The minimum atomic E-state index is -3.80. The maximum Gasteiger partial charge on any atom is 0.255 e. The second-order valence-electron chi connectivity index (χ2n) is 9.85. The molecule has 212 valence electrons. The van der Waals surface area contributed by atoms with Gasteiger partial charge >= 0.3 is 0 Å². The Bertz CT molecular complexity index is 1330. The monoisotopic (exact) mass is 555 g/mol. The van der Waals surface area contributed by atoms with Gasteiger partial charge in [-0.2, -0.15) is 5.10 Å². The number of benzene rings is 2. The quantitative estimate of drug-likeness (QED) is 0.184. The predicted octanol–water partition coefficient (Wildman–Crippen LogP) is 3.64. The molecule has 3 N–H and O–H groups in total. The van der Waals surface area contributed by atoms with Gasteiger partial charge in [-0.15, -0.1) is 0 Å². The number of aromatic nitrogens is 1. The topological polar surface area (TPSA) is 116 Å². The van der Waals surface area contributed by atoms with E-state index in [0.29, 0.717) is 13.1 Å². The van der Waals surface area contributed by atoms with Gasteiger partial charge in [-0.3, -0.25) is 4.79 Å². The third kappa shape index (κ3) is 9.28. The molecule has 0 aliphatic heterocycles. The third-order valence-electron chi connectivity index (χ3n) is 6.50. The molecule has 1 amide bonds. The zero-order chi connectivity index (χ0) is 28.3. The van der Waals surface area contributed by atoms with Crippen molar-refractivity contribution in [3.63, 3.8) is 0 Å². The number of sulfonamides is 1. The number of aliphatic hydroxyl groups is 1. The van der Waals surface area contributed by atoms with Gasteiger partial charge in [-0.25, -0.2) is 18.6 Å². The minimum Gasteiger partial charge on any atom is -0.390 e. The predicted molar refractivity (Wildman–Crippen MR) is 156 cm³/mol. The highest BCUT2D eigenvalue weighted by Crippen LogP contribution is 2.20. The Balaban J connectivity index is 1.61. The van der Waals surface area contributed by atoms with Crippen LogP contribution in [0.2, 0.25) is 0 Å². The summed E-state index contributed by atoms with van der Waals surface area (Å²) < 4.78 is 29.1. The molecule has 0 saturated carbocycles. The average molecular weight is 556 g/mol. The molecule has 0 aliphatic rings. The van der Waals surface area contributed by atoms with Gasteiger partial charge in [-0.1, -0.05) is 62.6 Å². The van der Waals surface area contributed by atoms with E-state index >= 15 is 0 Å². The minimum absolute atomic E-state index is 0.0956. The van der Waals surface area contributed by atoms with E-state index in [0.717, 1.165) is 60.8 Å². The number of rotatable bonds is 16. The second kappa shape index (κ2) is 14.9. The number of aryl methyl sites for hydroxylation is 1. The van der Waals surface area contributed by atoms with Crippen molar-refractivity contribution in [1.29, 1.82) is 0 Å². The molecule has 0 bridgehead atoms. The number of unbranched alkanes of at least 4 members (excludes halogenated alkanes) is 2. The van der Waals surface area contributed by atoms with E-state index in [4.69, 9.17) is 0 Å². The third-order valence-corrected chi connectivity index (χ3v) is 7.92. The van der Waals surface area contributed by atoms with E-state index < -0.39 is 28.6 Å². The summed E-state index contributed by atoms with van der Waals surface area (Å²) in [4.78, 5) is 14.7. The molecule has 39 heavy (non-hydrogen) atoms. The van der Waals surface area contributed by atoms with Crippen molar-refractivity contribution in [3.8, 4) is 0 Å². The first-order chi connectivity index (χ1) is 18.7. The Kier molecular flexibility index (Phi) is 11.7. The maximum atomic E-state index is 12.4. The van der Waals surface area contributed by atoms with E-state index in [9.17, 15) is 18.3 Å². The van der Waals surface area contributed by atoms with Crippen LogP contribution < -0.4 is 10.1 Å². The number of hydrogen-bond donors (Lipinski definition) is 3. The number of para-hydroxylation sites is 1. The van der Waals surface area contributed by atoms with Gasteiger partial charge in [0.25, 0.3) is 5.91 Å². The number of carbonyl (C=O) groups is 1. The van der Waals surface area contributed by atoms with Crippen LogP contribution in [-0.4, -0.2) is 67.4 Å². The Morgan fingerprint density at radius 3 is 2.41 bits per heavy atom. The van der Waals surface area contributed by atoms with Gasteiger partial charge in [0.2, 0.25) is 10.0 Å². The van der Waals surface area contributed by atoms with Crippen LogP contribution in [0.3, 0.4) is 0 Å². The summed E-state index contributed by atoms with van der Waals surface area (Å²) in [5.74, 6) is -0.583. The highest BCUT2D eigenvalue weighted by molar-refractivity contribution is 7.89. The summed E-state index contributed by atoms with van der Waals surface area (Å²) in [6, 6.07) is 14.2. The van der Waals surface area contributed by atoms with Crippen molar-refractivity contribution < 1.29 is 18.3 Å². The SMILES string of the molecule is CCCCN(CCCC)CC(O)Cn1cc(/C=N/NC(=O)CNS(=O)(=O)c2ccc(C)cc2)c2ccccc21. The van der Waals surface area contributed by atoms with Gasteiger partial charge in [-0.05, 0) is 51.1 Å². The second-order valence-corrected chi connectivity index (χ2v) is 11.6. The van der Waals surface area contributed by atoms with Crippen molar-refractivity contribution in [2.24, 2.45) is 5.10 Å². The Labute approximate surface area is 232 Å². The lowest BCUT2D eigenvalue weighted by atomic mass is 10.2. The number of nitrogens with one attached hydrogen (secondary N) is 2. The standard InChI is InChI=1S/C29H41N5O4S/c1-4-6-16-33(17-7-5-2)21-25(35)22-34-20-24(27-10-8-9-11-28(27)34)18-30-32-29(36)19-31-39(37,38)26-14-12-23(3)13-15-26/h8-15,18,20,25,31,35H,4-7,16-17,19,21-22H2,1-3H3,(H,32,36)/b30-18+. The number of amides is 1. The fourth-order valence-corrected chi connectivity index (χ4v) is 5.33. The van der Waals surface area contributed by atoms with E-state index in [1.165, 1.54) is 18.3 Å². The first-order valence-corrected chi connectivity index (χ1v) is 15.1. The first kappa shape index (κ1) is 30.5. The van der Waals surface area contributed by atoms with Crippen molar-refractivity contribution in [3.05, 3.63) is 65.9 Å². The molecule has 9 nitrogen and oxygen atoms in total. The number of aliphatic hydroxyl groups excluding tert-OH is 1. The zero-order valence-electron chi connectivity index (χ0n) is 23.1. The van der Waals surface area contributed by atoms with Crippen LogP contribution in [-0.2, 0) is 21.4 Å².